The lowest BCUT2D eigenvalue weighted by Crippen LogP contribution is -2.18. The first-order chi connectivity index (χ1) is 9.07. The average molecular weight is 480 g/mol. The van der Waals surface area contributed by atoms with Crippen molar-refractivity contribution < 1.29 is 6.13 Å². The molecule has 0 radical (unpaired) electrons. The Balaban J connectivity index is 2.33. The van der Waals surface area contributed by atoms with E-state index in [1.165, 1.54) is 11.1 Å². The zero-order valence-electron chi connectivity index (χ0n) is 10.7. The molecular weight excluding hydrogens is 466 g/mol. The Bertz CT molecular complexity index is 484. The van der Waals surface area contributed by atoms with E-state index >= 15 is 0 Å². The molecule has 2 nitrogen and oxygen atoms in total. The maximum Gasteiger partial charge on any atom is 0.192 e. The van der Waals surface area contributed by atoms with Gasteiger partial charge in [0.05, 0.1) is 0 Å². The second-order valence-corrected chi connectivity index (χ2v) is 5.71. The molecule has 0 aliphatic carbocycles. The van der Waals surface area contributed by atoms with Crippen molar-refractivity contribution in [2.75, 3.05) is 0 Å². The second-order valence-electron chi connectivity index (χ2n) is 4.83. The van der Waals surface area contributed by atoms with Crippen LogP contribution < -0.4 is 6.13 Å². The number of hydrogen-bond acceptors (Lipinski definition) is 2. The van der Waals surface area contributed by atoms with Crippen LogP contribution in [0.25, 0.3) is 0 Å². The normalized spacial score (nSPS) is 11.2. The highest BCUT2D eigenvalue weighted by Gasteiger charge is 2.23. The molecule has 19 heavy (non-hydrogen) atoms. The van der Waals surface area contributed by atoms with E-state index in [-0.39, 0.29) is 5.41 Å². The highest BCUT2D eigenvalue weighted by Crippen LogP contribution is 2.33. The molecule has 0 aliphatic rings. The topological polar surface area (TPSA) is 18.5 Å². The molecule has 0 bridgehead atoms. The predicted molar refractivity (Wildman–Crippen MR) is 94.3 cm³/mol. The molecule has 100 valence electrons. The standard InChI is InChI=1S/C15H14I2O2/c1-15(2,11-3-7-13(18-16)8-4-11)12-5-9-14(19-17)10-6-12/h3-10H,1-2H3. The van der Waals surface area contributed by atoms with Gasteiger partial charge < -0.3 is 6.13 Å². The summed E-state index contributed by atoms with van der Waals surface area (Å²) in [6.07, 6.45) is 0. The van der Waals surface area contributed by atoms with E-state index in [0.29, 0.717) is 0 Å². The third-order valence-electron chi connectivity index (χ3n) is 3.33. The van der Waals surface area contributed by atoms with Gasteiger partial charge in [-0.2, -0.15) is 0 Å². The summed E-state index contributed by atoms with van der Waals surface area (Å²) in [5.41, 5.74) is 2.47. The summed E-state index contributed by atoms with van der Waals surface area (Å²) in [5, 5.41) is 0. The zero-order chi connectivity index (χ0) is 13.9. The molecule has 2 aromatic rings. The molecule has 0 heterocycles. The molecule has 0 unspecified atom stereocenters. The van der Waals surface area contributed by atoms with Crippen LogP contribution in [0.1, 0.15) is 25.0 Å². The Morgan fingerprint density at radius 1 is 0.684 bits per heavy atom. The van der Waals surface area contributed by atoms with E-state index in [0.717, 1.165) is 11.5 Å². The van der Waals surface area contributed by atoms with Crippen molar-refractivity contribution in [3.63, 3.8) is 0 Å². The molecule has 0 atom stereocenters. The van der Waals surface area contributed by atoms with E-state index in [1.807, 2.05) is 70.3 Å². The van der Waals surface area contributed by atoms with Gasteiger partial charge in [0.15, 0.2) is 46.0 Å². The van der Waals surface area contributed by atoms with Crippen LogP contribution in [0.15, 0.2) is 48.5 Å². The van der Waals surface area contributed by atoms with Crippen molar-refractivity contribution in [1.82, 2.24) is 0 Å². The Morgan fingerprint density at radius 3 is 1.26 bits per heavy atom. The predicted octanol–water partition coefficient (Wildman–Crippen LogP) is 5.47. The second kappa shape index (κ2) is 6.30. The number of halogens is 2. The maximum absolute atomic E-state index is 5.17. The minimum atomic E-state index is -0.0480. The van der Waals surface area contributed by atoms with Crippen molar-refractivity contribution in [3.05, 3.63) is 59.7 Å². The van der Waals surface area contributed by atoms with Gasteiger partial charge in [-0.25, -0.2) is 0 Å². The van der Waals surface area contributed by atoms with Gasteiger partial charge in [-0.05, 0) is 35.4 Å². The summed E-state index contributed by atoms with van der Waals surface area (Å²) >= 11 is 3.78. The molecule has 0 amide bonds. The largest absolute Gasteiger partial charge is 0.428 e. The summed E-state index contributed by atoms with van der Waals surface area (Å²) in [6.45, 7) is 4.43. The molecule has 0 spiro atoms. The van der Waals surface area contributed by atoms with Crippen LogP contribution in [0.4, 0.5) is 0 Å². The van der Waals surface area contributed by atoms with Gasteiger partial charge in [0.1, 0.15) is 11.5 Å². The van der Waals surface area contributed by atoms with E-state index < -0.39 is 0 Å². The lowest BCUT2D eigenvalue weighted by molar-refractivity contribution is 0.635. The molecule has 0 fully saturated rings. The fourth-order valence-corrected chi connectivity index (χ4v) is 2.60. The summed E-state index contributed by atoms with van der Waals surface area (Å²) in [6, 6.07) is 16.4. The fraction of sp³-hybridized carbons (Fsp3) is 0.200. The molecule has 0 saturated carbocycles. The minimum absolute atomic E-state index is 0.0480. The van der Waals surface area contributed by atoms with Crippen LogP contribution >= 0.6 is 46.0 Å². The van der Waals surface area contributed by atoms with E-state index in [1.54, 1.807) is 0 Å². The first kappa shape index (κ1) is 14.9. The zero-order valence-corrected chi connectivity index (χ0v) is 15.0. The summed E-state index contributed by atoms with van der Waals surface area (Å²) < 4.78 is 10.3. The van der Waals surface area contributed by atoms with Gasteiger partial charge in [0.25, 0.3) is 0 Å². The first-order valence-electron chi connectivity index (χ1n) is 5.86. The van der Waals surface area contributed by atoms with Crippen LogP contribution in [0, 0.1) is 0 Å². The maximum atomic E-state index is 5.17. The minimum Gasteiger partial charge on any atom is -0.428 e. The highest BCUT2D eigenvalue weighted by molar-refractivity contribution is 14.1. The van der Waals surface area contributed by atoms with Gasteiger partial charge in [-0.15, -0.1) is 0 Å². The molecule has 4 heteroatoms. The molecule has 2 rings (SSSR count). The fourth-order valence-electron chi connectivity index (χ4n) is 2.01. The Labute approximate surface area is 141 Å². The van der Waals surface area contributed by atoms with E-state index in [4.69, 9.17) is 6.13 Å². The van der Waals surface area contributed by atoms with Crippen LogP contribution in [-0.4, -0.2) is 0 Å². The highest BCUT2D eigenvalue weighted by atomic mass is 127. The van der Waals surface area contributed by atoms with Crippen LogP contribution in [0.2, 0.25) is 0 Å². The summed E-state index contributed by atoms with van der Waals surface area (Å²) in [7, 11) is 0. The third-order valence-corrected chi connectivity index (χ3v) is 4.35. The molecular formula is C15H14I2O2. The lowest BCUT2D eigenvalue weighted by Gasteiger charge is -2.26. The monoisotopic (exact) mass is 480 g/mol. The van der Waals surface area contributed by atoms with Gasteiger partial charge in [0, 0.05) is 5.41 Å². The Hall–Kier alpha value is -0.500. The van der Waals surface area contributed by atoms with Gasteiger partial charge in [0.2, 0.25) is 0 Å². The quantitative estimate of drug-likeness (QED) is 0.541. The number of benzene rings is 2. The smallest absolute Gasteiger partial charge is 0.192 e. The van der Waals surface area contributed by atoms with Crippen molar-refractivity contribution in [2.45, 2.75) is 19.3 Å². The third kappa shape index (κ3) is 3.34. The molecule has 0 saturated heterocycles. The van der Waals surface area contributed by atoms with Crippen LogP contribution in [-0.2, 0) is 5.41 Å². The van der Waals surface area contributed by atoms with Crippen molar-refractivity contribution in [3.8, 4) is 11.5 Å². The number of rotatable bonds is 4. The molecule has 0 aliphatic heterocycles. The number of hydrogen-bond donors (Lipinski definition) is 0. The molecule has 0 aromatic heterocycles. The van der Waals surface area contributed by atoms with Crippen LogP contribution in [0.3, 0.4) is 0 Å². The summed E-state index contributed by atoms with van der Waals surface area (Å²) in [4.78, 5) is 0. The first-order valence-corrected chi connectivity index (χ1v) is 7.62. The summed E-state index contributed by atoms with van der Waals surface area (Å²) in [5.74, 6) is 1.74. The van der Waals surface area contributed by atoms with Gasteiger partial charge in [-0.3, -0.25) is 0 Å². The lowest BCUT2D eigenvalue weighted by atomic mass is 9.78. The van der Waals surface area contributed by atoms with Crippen LogP contribution in [0.5, 0.6) is 11.5 Å². The Morgan fingerprint density at radius 2 is 1.00 bits per heavy atom. The van der Waals surface area contributed by atoms with Crippen molar-refractivity contribution in [1.29, 1.82) is 0 Å². The average Bonchev–Trinajstić information content (AvgIpc) is 2.47. The SMILES string of the molecule is CC(C)(c1ccc(OI)cc1)c1ccc(OI)cc1. The Kier molecular flexibility index (Phi) is 4.94. The molecule has 0 N–H and O–H groups in total. The van der Waals surface area contributed by atoms with Gasteiger partial charge in [-0.1, -0.05) is 38.1 Å². The molecule has 2 aromatic carbocycles. The van der Waals surface area contributed by atoms with Gasteiger partial charge >= 0.3 is 0 Å². The van der Waals surface area contributed by atoms with E-state index in [9.17, 15) is 0 Å². The van der Waals surface area contributed by atoms with Crippen molar-refractivity contribution in [2.24, 2.45) is 0 Å². The van der Waals surface area contributed by atoms with E-state index in [2.05, 4.69) is 38.1 Å². The van der Waals surface area contributed by atoms with Crippen molar-refractivity contribution >= 4 is 46.0 Å².